The molecule has 1 unspecified atom stereocenters. The number of hydrogen-bond acceptors (Lipinski definition) is 5. The number of carbonyl (C=O) groups excluding carboxylic acids is 1. The summed E-state index contributed by atoms with van der Waals surface area (Å²) in [5.41, 5.74) is -1.30. The molecule has 0 fully saturated rings. The highest BCUT2D eigenvalue weighted by Crippen LogP contribution is 2.35. The highest BCUT2D eigenvalue weighted by Gasteiger charge is 2.40. The monoisotopic (exact) mass is 423 g/mol. The lowest BCUT2D eigenvalue weighted by atomic mass is 9.97. The summed E-state index contributed by atoms with van der Waals surface area (Å²) in [7, 11) is 0. The Hall–Kier alpha value is -0.0800. The summed E-state index contributed by atoms with van der Waals surface area (Å²) >= 11 is 3.65. The molecule has 1 N–H and O–H groups in total. The Morgan fingerprint density at radius 2 is 1.87 bits per heavy atom. The van der Waals surface area contributed by atoms with Gasteiger partial charge in [-0.3, -0.25) is 4.79 Å². The molecule has 0 bridgehead atoms. The number of nitrogens with one attached hydrogen (secondary N) is 1. The lowest BCUT2D eigenvalue weighted by Gasteiger charge is -2.34. The maximum absolute atomic E-state index is 12.6. The van der Waals surface area contributed by atoms with Crippen LogP contribution in [0.3, 0.4) is 0 Å². The van der Waals surface area contributed by atoms with Crippen LogP contribution in [-0.4, -0.2) is 20.9 Å². The Balaban J connectivity index is 3.04. The molecule has 7 heteroatoms. The quantitative estimate of drug-likeness (QED) is 0.558. The van der Waals surface area contributed by atoms with Gasteiger partial charge in [0.15, 0.2) is 0 Å². The highest BCUT2D eigenvalue weighted by atomic mass is 79.9. The third-order valence-corrected chi connectivity index (χ3v) is 6.61. The first kappa shape index (κ1) is 21.0. The second-order valence-electron chi connectivity index (χ2n) is 7.71. The van der Waals surface area contributed by atoms with Crippen molar-refractivity contribution in [3.63, 3.8) is 0 Å². The molecule has 0 amide bonds. The topological polar surface area (TPSA) is 61.4 Å². The van der Waals surface area contributed by atoms with E-state index in [1.54, 1.807) is 0 Å². The second-order valence-corrected chi connectivity index (χ2v) is 11.5. The Morgan fingerprint density at radius 3 is 2.26 bits per heavy atom. The van der Waals surface area contributed by atoms with Gasteiger partial charge in [-0.25, -0.2) is 0 Å². The molecule has 1 aromatic rings. The fourth-order valence-electron chi connectivity index (χ4n) is 1.80. The van der Waals surface area contributed by atoms with Crippen LogP contribution in [0.2, 0.25) is 0 Å². The first-order valence-corrected chi connectivity index (χ1v) is 10.2. The molecule has 0 radical (unpaired) electrons. The minimum absolute atomic E-state index is 0.110. The summed E-state index contributed by atoms with van der Waals surface area (Å²) < 4.78 is 21.7. The van der Waals surface area contributed by atoms with Gasteiger partial charge < -0.3 is 9.29 Å². The zero-order valence-electron chi connectivity index (χ0n) is 14.8. The molecule has 1 heterocycles. The molecule has 0 aliphatic rings. The summed E-state index contributed by atoms with van der Waals surface area (Å²) in [6.45, 7) is 13.1. The van der Waals surface area contributed by atoms with E-state index in [0.717, 1.165) is 9.35 Å². The Kier molecular flexibility index (Phi) is 6.78. The van der Waals surface area contributed by atoms with Crippen LogP contribution >= 0.6 is 27.3 Å². The van der Waals surface area contributed by atoms with Gasteiger partial charge in [0.1, 0.15) is 15.9 Å². The first-order valence-electron chi connectivity index (χ1n) is 7.39. The van der Waals surface area contributed by atoms with Gasteiger partial charge >= 0.3 is 5.97 Å². The number of hydrogen-bond donors (Lipinski definition) is 1. The van der Waals surface area contributed by atoms with Gasteiger partial charge in [-0.2, -0.15) is 0 Å². The zero-order valence-corrected chi connectivity index (χ0v) is 18.0. The third kappa shape index (κ3) is 6.74. The second kappa shape index (κ2) is 7.44. The van der Waals surface area contributed by atoms with Gasteiger partial charge in [0.25, 0.3) is 0 Å². The van der Waals surface area contributed by atoms with Crippen LogP contribution in [0, 0.1) is 0 Å². The standard InChI is InChI=1S/C16H26BrNO3S2/c1-14(2,3)21-13(19)9-16(7,12-8-11(17)10-22-12)18-23(20)15(4,5)6/h8,10,18H,9H2,1-7H3/t16-,23?/m0/s1. The van der Waals surface area contributed by atoms with Crippen LogP contribution in [0.25, 0.3) is 0 Å². The molecule has 132 valence electrons. The molecular weight excluding hydrogens is 398 g/mol. The summed E-state index contributed by atoms with van der Waals surface area (Å²) in [4.78, 5) is 13.3. The average molecular weight is 424 g/mol. The number of esters is 1. The molecule has 0 aliphatic carbocycles. The minimum atomic E-state index is -1.30. The molecule has 0 aromatic carbocycles. The lowest BCUT2D eigenvalue weighted by Crippen LogP contribution is -2.50. The van der Waals surface area contributed by atoms with E-state index in [9.17, 15) is 9.35 Å². The van der Waals surface area contributed by atoms with Crippen LogP contribution < -0.4 is 4.72 Å². The van der Waals surface area contributed by atoms with Crippen molar-refractivity contribution >= 4 is 44.6 Å². The van der Waals surface area contributed by atoms with Crippen LogP contribution in [-0.2, 0) is 26.4 Å². The predicted molar refractivity (Wildman–Crippen MR) is 101 cm³/mol. The van der Waals surface area contributed by atoms with Crippen LogP contribution in [0.5, 0.6) is 0 Å². The fourth-order valence-corrected chi connectivity index (χ4v) is 4.31. The number of carbonyl (C=O) groups is 1. The van der Waals surface area contributed by atoms with Crippen molar-refractivity contribution in [1.29, 1.82) is 0 Å². The van der Waals surface area contributed by atoms with Gasteiger partial charge in [0.2, 0.25) is 0 Å². The molecule has 0 saturated heterocycles. The molecule has 4 nitrogen and oxygen atoms in total. The number of thiophene rings is 1. The Labute approximate surface area is 154 Å². The molecular formula is C16H26BrNO3S2. The van der Waals surface area contributed by atoms with E-state index in [-0.39, 0.29) is 12.4 Å². The SMILES string of the molecule is CC(C)(C)OC(=O)C[C@](C)(N[S+]([O-])C(C)(C)C)c1cc(Br)cs1. The summed E-state index contributed by atoms with van der Waals surface area (Å²) in [5.74, 6) is -0.317. The lowest BCUT2D eigenvalue weighted by molar-refractivity contribution is -0.156. The molecule has 0 aliphatic heterocycles. The van der Waals surface area contributed by atoms with E-state index in [2.05, 4.69) is 20.7 Å². The zero-order chi connectivity index (χ0) is 18.1. The van der Waals surface area contributed by atoms with Crippen molar-refractivity contribution in [2.75, 3.05) is 0 Å². The van der Waals surface area contributed by atoms with E-state index in [1.807, 2.05) is 59.9 Å². The van der Waals surface area contributed by atoms with Crippen molar-refractivity contribution in [1.82, 2.24) is 4.72 Å². The van der Waals surface area contributed by atoms with E-state index >= 15 is 0 Å². The third-order valence-electron chi connectivity index (χ3n) is 2.90. The van der Waals surface area contributed by atoms with Crippen molar-refractivity contribution in [2.45, 2.75) is 70.8 Å². The highest BCUT2D eigenvalue weighted by molar-refractivity contribution is 9.10. The molecule has 1 rings (SSSR count). The van der Waals surface area contributed by atoms with E-state index in [0.29, 0.717) is 0 Å². The van der Waals surface area contributed by atoms with E-state index in [4.69, 9.17) is 4.74 Å². The minimum Gasteiger partial charge on any atom is -0.598 e. The van der Waals surface area contributed by atoms with Crippen LogP contribution in [0.1, 0.15) is 59.8 Å². The van der Waals surface area contributed by atoms with Crippen molar-refractivity contribution in [3.8, 4) is 0 Å². The van der Waals surface area contributed by atoms with Crippen molar-refractivity contribution < 1.29 is 14.1 Å². The van der Waals surface area contributed by atoms with E-state index in [1.165, 1.54) is 11.3 Å². The molecule has 0 spiro atoms. The average Bonchev–Trinajstić information content (AvgIpc) is 2.72. The summed E-state index contributed by atoms with van der Waals surface area (Å²) in [6.07, 6.45) is 0.110. The van der Waals surface area contributed by atoms with Crippen molar-refractivity contribution in [2.24, 2.45) is 0 Å². The molecule has 2 atom stereocenters. The van der Waals surface area contributed by atoms with Crippen molar-refractivity contribution in [3.05, 3.63) is 20.8 Å². The van der Waals surface area contributed by atoms with Gasteiger partial charge in [-0.15, -0.1) is 16.1 Å². The summed E-state index contributed by atoms with van der Waals surface area (Å²) in [6, 6.07) is 1.95. The molecule has 1 aromatic heterocycles. The number of rotatable bonds is 5. The van der Waals surface area contributed by atoms with Gasteiger partial charge in [-0.05, 0) is 70.5 Å². The fraction of sp³-hybridized carbons (Fsp3) is 0.688. The smallest absolute Gasteiger partial charge is 0.308 e. The largest absolute Gasteiger partial charge is 0.598 e. The number of halogens is 1. The van der Waals surface area contributed by atoms with Gasteiger partial charge in [0, 0.05) is 26.1 Å². The van der Waals surface area contributed by atoms with E-state index < -0.39 is 27.2 Å². The van der Waals surface area contributed by atoms with Crippen LogP contribution in [0.4, 0.5) is 0 Å². The van der Waals surface area contributed by atoms with Crippen LogP contribution in [0.15, 0.2) is 15.9 Å². The predicted octanol–water partition coefficient (Wildman–Crippen LogP) is 4.51. The first-order chi connectivity index (χ1) is 10.2. The molecule has 0 saturated carbocycles. The normalized spacial score (nSPS) is 16.7. The Morgan fingerprint density at radius 1 is 1.30 bits per heavy atom. The maximum Gasteiger partial charge on any atom is 0.308 e. The number of ether oxygens (including phenoxy) is 1. The molecule has 23 heavy (non-hydrogen) atoms. The van der Waals surface area contributed by atoms with Gasteiger partial charge in [0.05, 0.1) is 6.42 Å². The Bertz CT molecular complexity index is 548. The van der Waals surface area contributed by atoms with Gasteiger partial charge in [-0.1, -0.05) is 0 Å². The summed E-state index contributed by atoms with van der Waals surface area (Å²) in [5, 5.41) is 1.95. The maximum atomic E-state index is 12.6.